The van der Waals surface area contributed by atoms with Crippen LogP contribution in [0.1, 0.15) is 36.0 Å². The first kappa shape index (κ1) is 14.5. The Hall–Kier alpha value is -2.08. The summed E-state index contributed by atoms with van der Waals surface area (Å²) in [5, 5.41) is 4.74. The normalized spacial score (nSPS) is 25.5. The Bertz CT molecular complexity index is 756. The molecule has 4 N–H and O–H groups in total. The molecule has 2 aliphatic carbocycles. The van der Waals surface area contributed by atoms with Crippen LogP contribution in [-0.2, 0) is 0 Å². The summed E-state index contributed by atoms with van der Waals surface area (Å²) < 4.78 is 0. The van der Waals surface area contributed by atoms with Crippen molar-refractivity contribution in [1.29, 1.82) is 0 Å². The molecule has 1 aromatic carbocycles. The maximum Gasteiger partial charge on any atom is 0.271 e. The Labute approximate surface area is 140 Å². The molecule has 6 heteroatoms. The highest BCUT2D eigenvalue weighted by molar-refractivity contribution is 7.80. The van der Waals surface area contributed by atoms with Crippen molar-refractivity contribution in [3.8, 4) is 0 Å². The lowest BCUT2D eigenvalue weighted by atomic mass is 9.96. The number of amides is 1. The molecular formula is C17H20N4OS. The van der Waals surface area contributed by atoms with E-state index in [0.29, 0.717) is 16.7 Å². The molecule has 0 unspecified atom stereocenters. The fraction of sp³-hybridized carbons (Fsp3) is 0.412. The van der Waals surface area contributed by atoms with Crippen LogP contribution in [0.5, 0.6) is 0 Å². The second-order valence-corrected chi connectivity index (χ2v) is 6.99. The van der Waals surface area contributed by atoms with Crippen molar-refractivity contribution < 1.29 is 4.79 Å². The number of carbonyl (C=O) groups is 1. The molecule has 2 aliphatic rings. The van der Waals surface area contributed by atoms with Crippen LogP contribution in [0, 0.1) is 11.8 Å². The number of aromatic amines is 1. The number of fused-ring (bicyclic) bond motifs is 3. The van der Waals surface area contributed by atoms with Crippen LogP contribution in [-0.4, -0.2) is 22.0 Å². The number of hydrogen-bond acceptors (Lipinski definition) is 2. The monoisotopic (exact) mass is 328 g/mol. The minimum Gasteiger partial charge on any atom is -0.360 e. The van der Waals surface area contributed by atoms with Gasteiger partial charge < -0.3 is 10.3 Å². The molecule has 1 amide bonds. The number of thiocarbonyl (C=S) groups is 1. The van der Waals surface area contributed by atoms with Gasteiger partial charge in [0.15, 0.2) is 5.11 Å². The molecule has 1 heterocycles. The zero-order valence-electron chi connectivity index (χ0n) is 12.8. The van der Waals surface area contributed by atoms with E-state index >= 15 is 0 Å². The van der Waals surface area contributed by atoms with Crippen molar-refractivity contribution in [1.82, 2.24) is 21.2 Å². The van der Waals surface area contributed by atoms with E-state index in [4.69, 9.17) is 12.2 Å². The van der Waals surface area contributed by atoms with Gasteiger partial charge in [-0.05, 0) is 49.4 Å². The van der Waals surface area contributed by atoms with E-state index in [-0.39, 0.29) is 5.91 Å². The molecule has 120 valence electrons. The minimum atomic E-state index is -0.195. The van der Waals surface area contributed by atoms with E-state index in [1.54, 1.807) is 6.20 Å². The average Bonchev–Trinajstić information content (AvgIpc) is 3.27. The number of H-pyrrole nitrogens is 1. The Morgan fingerprint density at radius 3 is 2.83 bits per heavy atom. The SMILES string of the molecule is O=C(NNC(=S)N[C@H]1C[C@H]2CC[C@@H]1C2)c1c[nH]c2ccccc12. The van der Waals surface area contributed by atoms with Crippen molar-refractivity contribution in [2.75, 3.05) is 0 Å². The van der Waals surface area contributed by atoms with E-state index in [9.17, 15) is 4.79 Å². The molecule has 5 nitrogen and oxygen atoms in total. The fourth-order valence-corrected chi connectivity index (χ4v) is 4.27. The second-order valence-electron chi connectivity index (χ2n) is 6.58. The summed E-state index contributed by atoms with van der Waals surface area (Å²) >= 11 is 5.31. The molecule has 2 fully saturated rings. The van der Waals surface area contributed by atoms with Crippen molar-refractivity contribution in [2.24, 2.45) is 11.8 Å². The molecule has 2 saturated carbocycles. The Morgan fingerprint density at radius 2 is 2.04 bits per heavy atom. The zero-order chi connectivity index (χ0) is 15.8. The van der Waals surface area contributed by atoms with Gasteiger partial charge in [0.05, 0.1) is 5.56 Å². The molecule has 0 radical (unpaired) electrons. The quantitative estimate of drug-likeness (QED) is 0.505. The molecule has 0 saturated heterocycles. The maximum atomic E-state index is 12.3. The topological polar surface area (TPSA) is 69.0 Å². The van der Waals surface area contributed by atoms with E-state index in [1.165, 1.54) is 25.7 Å². The van der Waals surface area contributed by atoms with E-state index < -0.39 is 0 Å². The van der Waals surface area contributed by atoms with Gasteiger partial charge in [-0.15, -0.1) is 0 Å². The number of rotatable bonds is 2. The number of carbonyl (C=O) groups excluding carboxylic acids is 1. The lowest BCUT2D eigenvalue weighted by Crippen LogP contribution is -2.50. The van der Waals surface area contributed by atoms with Gasteiger partial charge in [0.25, 0.3) is 5.91 Å². The third-order valence-electron chi connectivity index (χ3n) is 5.18. The summed E-state index contributed by atoms with van der Waals surface area (Å²) in [6.07, 6.45) is 6.89. The van der Waals surface area contributed by atoms with Crippen molar-refractivity contribution >= 4 is 34.1 Å². The maximum absolute atomic E-state index is 12.3. The van der Waals surface area contributed by atoms with Crippen LogP contribution < -0.4 is 16.2 Å². The number of nitrogens with one attached hydrogen (secondary N) is 4. The van der Waals surface area contributed by atoms with Gasteiger partial charge in [-0.1, -0.05) is 24.6 Å². The third kappa shape index (κ3) is 2.79. The summed E-state index contributed by atoms with van der Waals surface area (Å²) in [7, 11) is 0. The van der Waals surface area contributed by atoms with Crippen LogP contribution in [0.3, 0.4) is 0 Å². The number of benzene rings is 1. The lowest BCUT2D eigenvalue weighted by Gasteiger charge is -2.24. The highest BCUT2D eigenvalue weighted by atomic mass is 32.1. The largest absolute Gasteiger partial charge is 0.360 e. The smallest absolute Gasteiger partial charge is 0.271 e. The zero-order valence-corrected chi connectivity index (χ0v) is 13.6. The van der Waals surface area contributed by atoms with Gasteiger partial charge in [-0.25, -0.2) is 0 Å². The van der Waals surface area contributed by atoms with Gasteiger partial charge in [0, 0.05) is 23.1 Å². The minimum absolute atomic E-state index is 0.195. The van der Waals surface area contributed by atoms with E-state index in [0.717, 1.165) is 22.7 Å². The average molecular weight is 328 g/mol. The first-order chi connectivity index (χ1) is 11.2. The summed E-state index contributed by atoms with van der Waals surface area (Å²) in [5.41, 5.74) is 7.06. The van der Waals surface area contributed by atoms with Gasteiger partial charge in [-0.3, -0.25) is 15.6 Å². The molecule has 0 spiro atoms. The number of para-hydroxylation sites is 1. The standard InChI is InChI=1S/C17H20N4OS/c22-16(13-9-18-14-4-2-1-3-12(13)14)20-21-17(23)19-15-8-10-5-6-11(15)7-10/h1-4,9-11,15,18H,5-8H2,(H,20,22)(H2,19,21,23)/t10-,11+,15-/m0/s1. The highest BCUT2D eigenvalue weighted by Crippen LogP contribution is 2.44. The van der Waals surface area contributed by atoms with Crippen molar-refractivity contribution in [3.05, 3.63) is 36.0 Å². The molecule has 1 aromatic heterocycles. The lowest BCUT2D eigenvalue weighted by molar-refractivity contribution is 0.0945. The Morgan fingerprint density at radius 1 is 1.17 bits per heavy atom. The van der Waals surface area contributed by atoms with Crippen molar-refractivity contribution in [2.45, 2.75) is 31.7 Å². The molecule has 2 bridgehead atoms. The molecule has 4 rings (SSSR count). The molecular weight excluding hydrogens is 308 g/mol. The fourth-order valence-electron chi connectivity index (χ4n) is 4.07. The van der Waals surface area contributed by atoms with Crippen molar-refractivity contribution in [3.63, 3.8) is 0 Å². The molecule has 2 aromatic rings. The first-order valence-electron chi connectivity index (χ1n) is 8.13. The summed E-state index contributed by atoms with van der Waals surface area (Å²) in [4.78, 5) is 15.4. The second kappa shape index (κ2) is 5.85. The number of hydrazine groups is 1. The van der Waals surface area contributed by atoms with Crippen LogP contribution in [0.25, 0.3) is 10.9 Å². The van der Waals surface area contributed by atoms with Crippen LogP contribution >= 0.6 is 12.2 Å². The number of hydrogen-bond donors (Lipinski definition) is 4. The summed E-state index contributed by atoms with van der Waals surface area (Å²) in [6.45, 7) is 0. The summed E-state index contributed by atoms with van der Waals surface area (Å²) in [6, 6.07) is 8.18. The highest BCUT2D eigenvalue weighted by Gasteiger charge is 2.39. The van der Waals surface area contributed by atoms with Crippen LogP contribution in [0.15, 0.2) is 30.5 Å². The predicted octanol–water partition coefficient (Wildman–Crippen LogP) is 2.47. The predicted molar refractivity (Wildman–Crippen MR) is 93.9 cm³/mol. The summed E-state index contributed by atoms with van der Waals surface area (Å²) in [5.74, 6) is 1.41. The molecule has 0 aliphatic heterocycles. The third-order valence-corrected chi connectivity index (χ3v) is 5.40. The van der Waals surface area contributed by atoms with E-state index in [1.807, 2.05) is 24.3 Å². The molecule has 3 atom stereocenters. The van der Waals surface area contributed by atoms with Crippen LogP contribution in [0.2, 0.25) is 0 Å². The first-order valence-corrected chi connectivity index (χ1v) is 8.54. The van der Waals surface area contributed by atoms with Gasteiger partial charge >= 0.3 is 0 Å². The van der Waals surface area contributed by atoms with Gasteiger partial charge in [0.2, 0.25) is 0 Å². The van der Waals surface area contributed by atoms with E-state index in [2.05, 4.69) is 21.2 Å². The van der Waals surface area contributed by atoms with Gasteiger partial charge in [0.1, 0.15) is 0 Å². The number of aromatic nitrogens is 1. The van der Waals surface area contributed by atoms with Crippen LogP contribution in [0.4, 0.5) is 0 Å². The Kier molecular flexibility index (Phi) is 3.69. The molecule has 23 heavy (non-hydrogen) atoms. The van der Waals surface area contributed by atoms with Gasteiger partial charge in [-0.2, -0.15) is 0 Å². The Balaban J connectivity index is 1.33.